The highest BCUT2D eigenvalue weighted by molar-refractivity contribution is 5.96. The van der Waals surface area contributed by atoms with Crippen molar-refractivity contribution in [3.8, 4) is 0 Å². The van der Waals surface area contributed by atoms with E-state index in [4.69, 9.17) is 0 Å². The van der Waals surface area contributed by atoms with Gasteiger partial charge in [0.05, 0.1) is 0 Å². The molecule has 1 aromatic carbocycles. The maximum Gasteiger partial charge on any atom is 0.254 e. The number of hydrogen-bond donors (Lipinski definition) is 0. The Kier molecular flexibility index (Phi) is 4.37. The lowest BCUT2D eigenvalue weighted by Gasteiger charge is -2.34. The number of aryl methyl sites for hydroxylation is 1. The van der Waals surface area contributed by atoms with Gasteiger partial charge in [0.2, 0.25) is 0 Å². The van der Waals surface area contributed by atoms with Crippen LogP contribution in [0, 0.1) is 6.92 Å². The minimum Gasteiger partial charge on any atom is -0.335 e. The lowest BCUT2D eigenvalue weighted by molar-refractivity contribution is 0.0535. The van der Waals surface area contributed by atoms with E-state index >= 15 is 0 Å². The predicted molar refractivity (Wildman–Crippen MR) is 87.2 cm³/mol. The number of rotatable bonds is 2. The minimum atomic E-state index is -0.00458. The number of carbonyl (C=O) groups excluding carboxylic acids is 2. The van der Waals surface area contributed by atoms with Crippen molar-refractivity contribution in [2.24, 2.45) is 0 Å². The summed E-state index contributed by atoms with van der Waals surface area (Å²) in [6, 6.07) is 11.0. The summed E-state index contributed by atoms with van der Waals surface area (Å²) in [7, 11) is 0. The number of piperazine rings is 1. The van der Waals surface area contributed by atoms with Crippen molar-refractivity contribution in [1.82, 2.24) is 14.8 Å². The van der Waals surface area contributed by atoms with E-state index in [1.54, 1.807) is 29.4 Å². The van der Waals surface area contributed by atoms with Gasteiger partial charge in [-0.15, -0.1) is 0 Å². The molecule has 0 aliphatic carbocycles. The van der Waals surface area contributed by atoms with Gasteiger partial charge in [0.15, 0.2) is 0 Å². The number of pyridine rings is 1. The summed E-state index contributed by atoms with van der Waals surface area (Å²) in [6.07, 6.45) is 3.23. The van der Waals surface area contributed by atoms with Gasteiger partial charge < -0.3 is 9.80 Å². The lowest BCUT2D eigenvalue weighted by Crippen LogP contribution is -2.50. The second-order valence-electron chi connectivity index (χ2n) is 5.69. The predicted octanol–water partition coefficient (Wildman–Crippen LogP) is 1.99. The first-order valence-corrected chi connectivity index (χ1v) is 7.70. The van der Waals surface area contributed by atoms with Gasteiger partial charge in [-0.25, -0.2) is 0 Å². The highest BCUT2D eigenvalue weighted by atomic mass is 16.2. The second-order valence-corrected chi connectivity index (χ2v) is 5.69. The molecule has 2 amide bonds. The third-order valence-corrected chi connectivity index (χ3v) is 4.05. The molecular weight excluding hydrogens is 290 g/mol. The largest absolute Gasteiger partial charge is 0.335 e. The summed E-state index contributed by atoms with van der Waals surface area (Å²) in [5, 5.41) is 0. The molecule has 0 atom stereocenters. The SMILES string of the molecule is Cc1cccc(C(=O)N2CCN(C(=O)c3ccncc3)CC2)c1. The summed E-state index contributed by atoms with van der Waals surface area (Å²) in [4.78, 5) is 32.4. The zero-order valence-corrected chi connectivity index (χ0v) is 13.1. The first-order valence-electron chi connectivity index (χ1n) is 7.70. The van der Waals surface area contributed by atoms with Crippen molar-refractivity contribution in [3.05, 3.63) is 65.5 Å². The molecule has 5 heteroatoms. The Hall–Kier alpha value is -2.69. The molecule has 0 spiro atoms. The first-order chi connectivity index (χ1) is 11.1. The summed E-state index contributed by atoms with van der Waals surface area (Å²) >= 11 is 0. The van der Waals surface area contributed by atoms with Crippen molar-refractivity contribution in [2.75, 3.05) is 26.2 Å². The first kappa shape index (κ1) is 15.2. The standard InChI is InChI=1S/C18H19N3O2/c1-14-3-2-4-16(13-14)18(23)21-11-9-20(10-12-21)17(22)15-5-7-19-8-6-15/h2-8,13H,9-12H2,1H3. The Morgan fingerprint density at radius 1 is 0.870 bits per heavy atom. The molecule has 0 unspecified atom stereocenters. The molecular formula is C18H19N3O2. The maximum atomic E-state index is 12.5. The van der Waals surface area contributed by atoms with E-state index in [0.29, 0.717) is 37.3 Å². The second kappa shape index (κ2) is 6.60. The Morgan fingerprint density at radius 2 is 1.43 bits per heavy atom. The monoisotopic (exact) mass is 309 g/mol. The van der Waals surface area contributed by atoms with Gasteiger partial charge in [-0.05, 0) is 31.2 Å². The van der Waals surface area contributed by atoms with Gasteiger partial charge in [-0.1, -0.05) is 17.7 Å². The van der Waals surface area contributed by atoms with Gasteiger partial charge in [-0.2, -0.15) is 0 Å². The van der Waals surface area contributed by atoms with Crippen LogP contribution in [-0.2, 0) is 0 Å². The van der Waals surface area contributed by atoms with Crippen molar-refractivity contribution in [1.29, 1.82) is 0 Å². The third-order valence-electron chi connectivity index (χ3n) is 4.05. The molecule has 3 rings (SSSR count). The highest BCUT2D eigenvalue weighted by Gasteiger charge is 2.25. The Labute approximate surface area is 135 Å². The van der Waals surface area contributed by atoms with E-state index in [1.807, 2.05) is 36.1 Å². The van der Waals surface area contributed by atoms with Crippen molar-refractivity contribution in [2.45, 2.75) is 6.92 Å². The number of aromatic nitrogens is 1. The quantitative estimate of drug-likeness (QED) is 0.852. The van der Waals surface area contributed by atoms with Crippen LogP contribution in [0.4, 0.5) is 0 Å². The molecule has 1 fully saturated rings. The van der Waals surface area contributed by atoms with Gasteiger partial charge in [0, 0.05) is 49.7 Å². The van der Waals surface area contributed by atoms with E-state index in [9.17, 15) is 9.59 Å². The molecule has 5 nitrogen and oxygen atoms in total. The van der Waals surface area contributed by atoms with E-state index < -0.39 is 0 Å². The maximum absolute atomic E-state index is 12.5. The molecule has 0 saturated carbocycles. The van der Waals surface area contributed by atoms with Crippen LogP contribution in [-0.4, -0.2) is 52.8 Å². The van der Waals surface area contributed by atoms with Gasteiger partial charge in [0.1, 0.15) is 0 Å². The summed E-state index contributed by atoms with van der Waals surface area (Å²) < 4.78 is 0. The third kappa shape index (κ3) is 3.39. The molecule has 118 valence electrons. The van der Waals surface area contributed by atoms with Crippen LogP contribution in [0.25, 0.3) is 0 Å². The smallest absolute Gasteiger partial charge is 0.254 e. The van der Waals surface area contributed by atoms with Gasteiger partial charge >= 0.3 is 0 Å². The number of hydrogen-bond acceptors (Lipinski definition) is 3. The average Bonchev–Trinajstić information content (AvgIpc) is 2.61. The van der Waals surface area contributed by atoms with Crippen LogP contribution < -0.4 is 0 Å². The minimum absolute atomic E-state index is 0.00458. The summed E-state index contributed by atoms with van der Waals surface area (Å²) in [6.45, 7) is 4.20. The van der Waals surface area contributed by atoms with E-state index in [1.165, 1.54) is 0 Å². The summed E-state index contributed by atoms with van der Waals surface area (Å²) in [5.74, 6) is 0.0276. The number of nitrogens with zero attached hydrogens (tertiary/aromatic N) is 3. The van der Waals surface area contributed by atoms with E-state index in [2.05, 4.69) is 4.98 Å². The van der Waals surface area contributed by atoms with Crippen LogP contribution in [0.15, 0.2) is 48.8 Å². The molecule has 2 aromatic rings. The number of carbonyl (C=O) groups is 2. The average molecular weight is 309 g/mol. The zero-order valence-electron chi connectivity index (χ0n) is 13.1. The van der Waals surface area contributed by atoms with Crippen LogP contribution >= 0.6 is 0 Å². The Balaban J connectivity index is 1.62. The molecule has 1 aliphatic heterocycles. The van der Waals surface area contributed by atoms with Gasteiger partial charge in [-0.3, -0.25) is 14.6 Å². The molecule has 2 heterocycles. The van der Waals surface area contributed by atoms with Crippen molar-refractivity contribution >= 4 is 11.8 Å². The highest BCUT2D eigenvalue weighted by Crippen LogP contribution is 2.12. The molecule has 0 bridgehead atoms. The zero-order chi connectivity index (χ0) is 16.2. The van der Waals surface area contributed by atoms with E-state index in [0.717, 1.165) is 5.56 Å². The number of benzene rings is 1. The molecule has 1 saturated heterocycles. The normalized spacial score (nSPS) is 14.7. The van der Waals surface area contributed by atoms with Crippen LogP contribution in [0.5, 0.6) is 0 Å². The fraction of sp³-hybridized carbons (Fsp3) is 0.278. The van der Waals surface area contributed by atoms with Crippen LogP contribution in [0.3, 0.4) is 0 Å². The van der Waals surface area contributed by atoms with Crippen LogP contribution in [0.1, 0.15) is 26.3 Å². The van der Waals surface area contributed by atoms with E-state index in [-0.39, 0.29) is 11.8 Å². The molecule has 23 heavy (non-hydrogen) atoms. The fourth-order valence-electron chi connectivity index (χ4n) is 2.75. The molecule has 1 aliphatic rings. The van der Waals surface area contributed by atoms with Crippen molar-refractivity contribution in [3.63, 3.8) is 0 Å². The molecule has 0 radical (unpaired) electrons. The fourth-order valence-corrected chi connectivity index (χ4v) is 2.75. The van der Waals surface area contributed by atoms with Gasteiger partial charge in [0.25, 0.3) is 11.8 Å². The van der Waals surface area contributed by atoms with Crippen molar-refractivity contribution < 1.29 is 9.59 Å². The molecule has 0 N–H and O–H groups in total. The topological polar surface area (TPSA) is 53.5 Å². The molecule has 1 aromatic heterocycles. The lowest BCUT2D eigenvalue weighted by atomic mass is 10.1. The Morgan fingerprint density at radius 3 is 2.00 bits per heavy atom. The van der Waals surface area contributed by atoms with Crippen LogP contribution in [0.2, 0.25) is 0 Å². The summed E-state index contributed by atoms with van der Waals surface area (Å²) in [5.41, 5.74) is 2.42. The Bertz CT molecular complexity index is 707. The number of amides is 2.